The molecule has 1 unspecified atom stereocenters. The van der Waals surface area contributed by atoms with Crippen molar-refractivity contribution in [3.05, 3.63) is 11.3 Å². The molecule has 2 aliphatic rings. The first-order valence-corrected chi connectivity index (χ1v) is 7.62. The molecule has 0 aromatic heterocycles. The lowest BCUT2D eigenvalue weighted by atomic mass is 10.0. The smallest absolute Gasteiger partial charge is 0.352 e. The molecule has 7 nitrogen and oxygen atoms in total. The van der Waals surface area contributed by atoms with Gasteiger partial charge in [-0.05, 0) is 5.57 Å². The first kappa shape index (κ1) is 15.8. The molecule has 8 heteroatoms. The van der Waals surface area contributed by atoms with E-state index in [0.717, 1.165) is 0 Å². The Labute approximate surface area is 126 Å². The lowest BCUT2D eigenvalue weighted by Crippen LogP contribution is -2.70. The number of thioether (sulfide) groups is 1. The van der Waals surface area contributed by atoms with Crippen LogP contribution in [0.25, 0.3) is 0 Å². The number of rotatable bonds is 5. The SMILES string of the molecule is COCC1=C(C(=O)O)N2C(=O)C(NC(=O)C(C)C)[C@H]2SC1. The Bertz CT molecular complexity index is 517. The van der Waals surface area contributed by atoms with Crippen LogP contribution in [0.4, 0.5) is 0 Å². The number of hydrogen-bond donors (Lipinski definition) is 2. The van der Waals surface area contributed by atoms with Crippen molar-refractivity contribution < 1.29 is 24.2 Å². The third kappa shape index (κ3) is 2.77. The topological polar surface area (TPSA) is 95.9 Å². The molecule has 0 radical (unpaired) electrons. The van der Waals surface area contributed by atoms with Gasteiger partial charge in [-0.1, -0.05) is 13.8 Å². The fourth-order valence-electron chi connectivity index (χ4n) is 2.29. The average Bonchev–Trinajstić information content (AvgIpc) is 2.43. The van der Waals surface area contributed by atoms with E-state index < -0.39 is 12.0 Å². The lowest BCUT2D eigenvalue weighted by Gasteiger charge is -2.49. The number of β-lactam (4-membered cyclic amide) rings is 1. The summed E-state index contributed by atoms with van der Waals surface area (Å²) in [6.45, 7) is 3.65. The molecule has 0 aromatic rings. The molecule has 2 amide bonds. The Kier molecular flexibility index (Phi) is 4.58. The molecule has 0 bridgehead atoms. The number of carbonyl (C=O) groups excluding carboxylic acids is 2. The van der Waals surface area contributed by atoms with Gasteiger partial charge in [-0.25, -0.2) is 4.79 Å². The largest absolute Gasteiger partial charge is 0.477 e. The van der Waals surface area contributed by atoms with Crippen LogP contribution in [0, 0.1) is 5.92 Å². The van der Waals surface area contributed by atoms with Crippen molar-refractivity contribution in [3.63, 3.8) is 0 Å². The second-order valence-corrected chi connectivity index (χ2v) is 6.35. The van der Waals surface area contributed by atoms with Gasteiger partial charge in [-0.15, -0.1) is 11.8 Å². The van der Waals surface area contributed by atoms with Gasteiger partial charge < -0.3 is 15.2 Å². The van der Waals surface area contributed by atoms with E-state index in [1.54, 1.807) is 13.8 Å². The fourth-order valence-corrected chi connectivity index (χ4v) is 3.62. The van der Waals surface area contributed by atoms with Gasteiger partial charge in [0, 0.05) is 18.8 Å². The van der Waals surface area contributed by atoms with Crippen molar-refractivity contribution >= 4 is 29.5 Å². The number of carboxylic acids is 1. The Balaban J connectivity index is 2.19. The van der Waals surface area contributed by atoms with E-state index in [9.17, 15) is 19.5 Å². The lowest BCUT2D eigenvalue weighted by molar-refractivity contribution is -0.151. The van der Waals surface area contributed by atoms with Gasteiger partial charge in [0.05, 0.1) is 6.61 Å². The molecule has 2 N–H and O–H groups in total. The molecular formula is C13H18N2O5S. The molecule has 1 fully saturated rings. The molecule has 2 aliphatic heterocycles. The predicted molar refractivity (Wildman–Crippen MR) is 76.4 cm³/mol. The van der Waals surface area contributed by atoms with E-state index in [1.807, 2.05) is 0 Å². The van der Waals surface area contributed by atoms with Crippen LogP contribution >= 0.6 is 11.8 Å². The highest BCUT2D eigenvalue weighted by atomic mass is 32.2. The minimum atomic E-state index is -1.14. The average molecular weight is 314 g/mol. The number of nitrogens with one attached hydrogen (secondary N) is 1. The van der Waals surface area contributed by atoms with Crippen LogP contribution in [0.5, 0.6) is 0 Å². The molecule has 2 heterocycles. The third-order valence-corrected chi connectivity index (χ3v) is 4.73. The zero-order valence-corrected chi connectivity index (χ0v) is 12.9. The maximum atomic E-state index is 12.2. The van der Waals surface area contributed by atoms with Gasteiger partial charge >= 0.3 is 5.97 Å². The van der Waals surface area contributed by atoms with E-state index in [-0.39, 0.29) is 35.4 Å². The van der Waals surface area contributed by atoms with Crippen molar-refractivity contribution in [1.29, 1.82) is 0 Å². The molecule has 21 heavy (non-hydrogen) atoms. The predicted octanol–water partition coefficient (Wildman–Crippen LogP) is 0.0274. The van der Waals surface area contributed by atoms with Crippen LogP contribution in [0.15, 0.2) is 11.3 Å². The first-order chi connectivity index (χ1) is 9.88. The van der Waals surface area contributed by atoms with Crippen LogP contribution in [0.1, 0.15) is 13.8 Å². The molecule has 2 rings (SSSR count). The van der Waals surface area contributed by atoms with Gasteiger partial charge in [0.15, 0.2) is 0 Å². The number of methoxy groups -OCH3 is 1. The zero-order valence-electron chi connectivity index (χ0n) is 12.1. The highest BCUT2D eigenvalue weighted by Crippen LogP contribution is 2.40. The Morgan fingerprint density at radius 3 is 2.71 bits per heavy atom. The molecular weight excluding hydrogens is 296 g/mol. The Morgan fingerprint density at radius 1 is 1.52 bits per heavy atom. The monoisotopic (exact) mass is 314 g/mol. The summed E-state index contributed by atoms with van der Waals surface area (Å²) in [6, 6.07) is -0.650. The van der Waals surface area contributed by atoms with Gasteiger partial charge in [0.1, 0.15) is 17.1 Å². The Hall–Kier alpha value is -1.54. The minimum Gasteiger partial charge on any atom is -0.477 e. The van der Waals surface area contributed by atoms with Crippen LogP contribution in [-0.4, -0.2) is 58.7 Å². The number of hydrogen-bond acceptors (Lipinski definition) is 5. The summed E-state index contributed by atoms with van der Waals surface area (Å²) in [7, 11) is 1.48. The zero-order chi connectivity index (χ0) is 15.7. The summed E-state index contributed by atoms with van der Waals surface area (Å²) < 4.78 is 4.99. The maximum absolute atomic E-state index is 12.2. The van der Waals surface area contributed by atoms with E-state index in [0.29, 0.717) is 11.3 Å². The molecule has 0 aromatic carbocycles. The van der Waals surface area contributed by atoms with Crippen molar-refractivity contribution in [2.45, 2.75) is 25.3 Å². The quantitative estimate of drug-likeness (QED) is 0.695. The molecule has 0 aliphatic carbocycles. The minimum absolute atomic E-state index is 0.0133. The highest BCUT2D eigenvalue weighted by Gasteiger charge is 2.54. The number of fused-ring (bicyclic) bond motifs is 1. The second-order valence-electron chi connectivity index (χ2n) is 5.24. The van der Waals surface area contributed by atoms with Gasteiger partial charge in [0.25, 0.3) is 5.91 Å². The van der Waals surface area contributed by atoms with Crippen molar-refractivity contribution in [2.24, 2.45) is 5.92 Å². The third-order valence-electron chi connectivity index (χ3n) is 3.39. The van der Waals surface area contributed by atoms with Gasteiger partial charge in [-0.3, -0.25) is 14.5 Å². The van der Waals surface area contributed by atoms with Gasteiger partial charge in [0.2, 0.25) is 5.91 Å². The number of carboxylic acid groups (broad SMARTS) is 1. The van der Waals surface area contributed by atoms with Crippen LogP contribution in [0.2, 0.25) is 0 Å². The Morgan fingerprint density at radius 2 is 2.19 bits per heavy atom. The molecule has 1 saturated heterocycles. The summed E-state index contributed by atoms with van der Waals surface area (Å²) in [5.41, 5.74) is 0.564. The van der Waals surface area contributed by atoms with E-state index in [1.165, 1.54) is 23.8 Å². The molecule has 0 spiro atoms. The fraction of sp³-hybridized carbons (Fsp3) is 0.615. The van der Waals surface area contributed by atoms with Crippen molar-refractivity contribution in [2.75, 3.05) is 19.5 Å². The van der Waals surface area contributed by atoms with E-state index in [4.69, 9.17) is 4.74 Å². The van der Waals surface area contributed by atoms with Crippen LogP contribution in [0.3, 0.4) is 0 Å². The molecule has 2 atom stereocenters. The number of ether oxygens (including phenoxy) is 1. The normalized spacial score (nSPS) is 24.8. The number of aliphatic carboxylic acids is 1. The first-order valence-electron chi connectivity index (χ1n) is 6.57. The van der Waals surface area contributed by atoms with E-state index in [2.05, 4.69) is 5.32 Å². The maximum Gasteiger partial charge on any atom is 0.352 e. The number of nitrogens with zero attached hydrogens (tertiary/aromatic N) is 1. The standard InChI is InChI=1S/C13H18N2O5S/c1-6(2)10(16)14-8-11(17)15-9(13(18)19)7(4-20-3)5-21-12(8)15/h6,8,12H,4-5H2,1-3H3,(H,14,16)(H,18,19)/t8?,12-/m1/s1. The highest BCUT2D eigenvalue weighted by molar-refractivity contribution is 8.00. The van der Waals surface area contributed by atoms with Crippen molar-refractivity contribution in [3.8, 4) is 0 Å². The van der Waals surface area contributed by atoms with Crippen LogP contribution in [-0.2, 0) is 19.1 Å². The van der Waals surface area contributed by atoms with Gasteiger partial charge in [-0.2, -0.15) is 0 Å². The number of amides is 2. The van der Waals surface area contributed by atoms with Crippen LogP contribution < -0.4 is 5.32 Å². The summed E-state index contributed by atoms with van der Waals surface area (Å²) in [5, 5.41) is 11.6. The molecule has 116 valence electrons. The second kappa shape index (κ2) is 6.07. The van der Waals surface area contributed by atoms with Crippen molar-refractivity contribution in [1.82, 2.24) is 10.2 Å². The van der Waals surface area contributed by atoms with E-state index >= 15 is 0 Å². The summed E-state index contributed by atoms with van der Waals surface area (Å²) >= 11 is 1.44. The summed E-state index contributed by atoms with van der Waals surface area (Å²) in [4.78, 5) is 36.5. The number of carbonyl (C=O) groups is 3. The summed E-state index contributed by atoms with van der Waals surface area (Å²) in [6.07, 6.45) is 0. The summed E-state index contributed by atoms with van der Waals surface area (Å²) in [5.74, 6) is -1.49. The molecule has 0 saturated carbocycles.